The molecule has 3 aromatic rings. The van der Waals surface area contributed by atoms with Gasteiger partial charge in [0.05, 0.1) is 24.3 Å². The zero-order valence-corrected chi connectivity index (χ0v) is 16.6. The molecule has 9 heteroatoms. The lowest BCUT2D eigenvalue weighted by Gasteiger charge is -2.24. The minimum Gasteiger partial charge on any atom is -0.497 e. The molecule has 0 saturated heterocycles. The van der Waals surface area contributed by atoms with Gasteiger partial charge in [0, 0.05) is 5.56 Å². The fourth-order valence-electron chi connectivity index (χ4n) is 3.52. The average molecular weight is 417 g/mol. The number of H-pyrrole nitrogens is 1. The highest BCUT2D eigenvalue weighted by atomic mass is 16.5. The van der Waals surface area contributed by atoms with Gasteiger partial charge in [-0.1, -0.05) is 24.3 Å². The van der Waals surface area contributed by atoms with Crippen molar-refractivity contribution in [3.63, 3.8) is 0 Å². The van der Waals surface area contributed by atoms with Crippen LogP contribution in [-0.2, 0) is 4.79 Å². The molecule has 2 aromatic carbocycles. The number of carbonyl (C=O) groups excluding carboxylic acids is 1. The van der Waals surface area contributed by atoms with Gasteiger partial charge in [-0.2, -0.15) is 5.26 Å². The van der Waals surface area contributed by atoms with E-state index in [0.717, 1.165) is 11.1 Å². The number of fused-ring (bicyclic) bond motifs is 1. The molecule has 1 aromatic heterocycles. The maximum Gasteiger partial charge on any atom is 0.255 e. The average Bonchev–Trinajstić information content (AvgIpc) is 3.20. The summed E-state index contributed by atoms with van der Waals surface area (Å²) in [7, 11) is 1.59. The Hall–Kier alpha value is -4.45. The highest BCUT2D eigenvalue weighted by Crippen LogP contribution is 2.46. The van der Waals surface area contributed by atoms with E-state index in [0.29, 0.717) is 22.8 Å². The fourth-order valence-corrected chi connectivity index (χ4v) is 3.52. The second-order valence-corrected chi connectivity index (χ2v) is 6.80. The molecule has 1 amide bonds. The fraction of sp³-hybridized carbons (Fsp3) is 0.136. The highest BCUT2D eigenvalue weighted by Gasteiger charge is 2.35. The second kappa shape index (κ2) is 8.12. The topological polar surface area (TPSA) is 149 Å². The first kappa shape index (κ1) is 19.8. The molecule has 2 heterocycles. The van der Waals surface area contributed by atoms with Crippen LogP contribution in [0.4, 0.5) is 0 Å². The van der Waals surface area contributed by atoms with Crippen molar-refractivity contribution in [1.82, 2.24) is 10.2 Å². The summed E-state index contributed by atoms with van der Waals surface area (Å²) in [5, 5.41) is 17.1. The van der Waals surface area contributed by atoms with E-state index in [1.807, 2.05) is 30.3 Å². The summed E-state index contributed by atoms with van der Waals surface area (Å²) in [5.74, 6) is 0.217. The van der Waals surface area contributed by atoms with E-state index in [-0.39, 0.29) is 23.9 Å². The number of amides is 1. The molecule has 5 N–H and O–H groups in total. The number of hydrogen-bond donors (Lipinski definition) is 3. The van der Waals surface area contributed by atoms with E-state index in [4.69, 9.17) is 25.7 Å². The van der Waals surface area contributed by atoms with Gasteiger partial charge in [0.25, 0.3) is 5.91 Å². The van der Waals surface area contributed by atoms with Crippen LogP contribution < -0.4 is 25.7 Å². The maximum absolute atomic E-state index is 11.1. The van der Waals surface area contributed by atoms with Crippen molar-refractivity contribution in [3.05, 3.63) is 71.1 Å². The van der Waals surface area contributed by atoms with Crippen LogP contribution in [-0.4, -0.2) is 29.8 Å². The monoisotopic (exact) mass is 417 g/mol. The van der Waals surface area contributed by atoms with E-state index in [2.05, 4.69) is 16.3 Å². The lowest BCUT2D eigenvalue weighted by atomic mass is 9.83. The first-order chi connectivity index (χ1) is 15.0. The standard InChI is InChI=1S/C22H19N5O4/c1-29-14-6-3-5-13(9-14)20-19-18(16(10-23)21(25)31-22(19)27-26-20)12-4-2-7-15(8-12)30-11-17(24)28/h2-9,18H,11,25H2,1H3,(H2,24,28)(H,26,27). The predicted octanol–water partition coefficient (Wildman–Crippen LogP) is 2.17. The van der Waals surface area contributed by atoms with Crippen LogP contribution in [0, 0.1) is 11.3 Å². The number of nitrogens with two attached hydrogens (primary N) is 2. The van der Waals surface area contributed by atoms with Crippen LogP contribution >= 0.6 is 0 Å². The van der Waals surface area contributed by atoms with Crippen LogP contribution in [0.25, 0.3) is 11.3 Å². The van der Waals surface area contributed by atoms with Crippen molar-refractivity contribution >= 4 is 5.91 Å². The molecule has 1 aliphatic heterocycles. The molecule has 0 spiro atoms. The number of rotatable bonds is 6. The van der Waals surface area contributed by atoms with Gasteiger partial charge in [0.2, 0.25) is 11.8 Å². The minimum absolute atomic E-state index is 0.0212. The van der Waals surface area contributed by atoms with Crippen molar-refractivity contribution in [3.8, 4) is 34.7 Å². The number of nitrogens with zero attached hydrogens (tertiary/aromatic N) is 2. The number of allylic oxidation sites excluding steroid dienone is 1. The van der Waals surface area contributed by atoms with Crippen LogP contribution in [0.5, 0.6) is 17.4 Å². The Balaban J connectivity index is 1.85. The number of aromatic nitrogens is 2. The number of hydrogen-bond acceptors (Lipinski definition) is 7. The van der Waals surface area contributed by atoms with Crippen molar-refractivity contribution < 1.29 is 19.0 Å². The van der Waals surface area contributed by atoms with E-state index < -0.39 is 11.8 Å². The lowest BCUT2D eigenvalue weighted by Crippen LogP contribution is -2.21. The molecule has 156 valence electrons. The highest BCUT2D eigenvalue weighted by molar-refractivity contribution is 5.75. The molecule has 1 unspecified atom stereocenters. The summed E-state index contributed by atoms with van der Waals surface area (Å²) in [6, 6.07) is 16.6. The molecule has 1 aliphatic rings. The Morgan fingerprint density at radius 3 is 2.77 bits per heavy atom. The molecule has 0 aliphatic carbocycles. The van der Waals surface area contributed by atoms with E-state index >= 15 is 0 Å². The number of nitriles is 1. The van der Waals surface area contributed by atoms with Crippen LogP contribution in [0.1, 0.15) is 17.0 Å². The predicted molar refractivity (Wildman–Crippen MR) is 111 cm³/mol. The molecule has 0 saturated carbocycles. The number of aromatic amines is 1. The summed E-state index contributed by atoms with van der Waals surface area (Å²) < 4.78 is 16.4. The molecular formula is C22H19N5O4. The molecule has 31 heavy (non-hydrogen) atoms. The SMILES string of the molecule is COc1cccc(-c2[nH]nc3c2C(c2cccc(OCC(N)=O)c2)C(C#N)=C(N)O3)c1. The lowest BCUT2D eigenvalue weighted by molar-refractivity contribution is -0.119. The van der Waals surface area contributed by atoms with E-state index in [1.54, 1.807) is 25.3 Å². The normalized spacial score (nSPS) is 14.9. The number of methoxy groups -OCH3 is 1. The van der Waals surface area contributed by atoms with Crippen molar-refractivity contribution in [1.29, 1.82) is 5.26 Å². The van der Waals surface area contributed by atoms with Gasteiger partial charge >= 0.3 is 0 Å². The molecule has 4 rings (SSSR count). The number of benzene rings is 2. The number of ether oxygens (including phenoxy) is 3. The van der Waals surface area contributed by atoms with Crippen LogP contribution in [0.2, 0.25) is 0 Å². The number of nitrogens with one attached hydrogen (secondary N) is 1. The molecular weight excluding hydrogens is 398 g/mol. The van der Waals surface area contributed by atoms with Gasteiger partial charge in [-0.15, -0.1) is 5.10 Å². The summed E-state index contributed by atoms with van der Waals surface area (Å²) in [6.45, 7) is -0.258. The molecule has 0 fully saturated rings. The van der Waals surface area contributed by atoms with Gasteiger partial charge in [0.15, 0.2) is 6.61 Å². The third kappa shape index (κ3) is 3.74. The zero-order valence-electron chi connectivity index (χ0n) is 16.6. The number of primary amides is 1. The number of carbonyl (C=O) groups is 1. The van der Waals surface area contributed by atoms with Gasteiger partial charge in [0.1, 0.15) is 23.1 Å². The van der Waals surface area contributed by atoms with Gasteiger partial charge in [-0.3, -0.25) is 9.89 Å². The zero-order chi connectivity index (χ0) is 22.0. The minimum atomic E-state index is -0.587. The first-order valence-electron chi connectivity index (χ1n) is 9.33. The van der Waals surface area contributed by atoms with Crippen LogP contribution in [0.3, 0.4) is 0 Å². The summed E-state index contributed by atoms with van der Waals surface area (Å²) in [6.07, 6.45) is 0. The summed E-state index contributed by atoms with van der Waals surface area (Å²) in [5.41, 5.74) is 14.3. The van der Waals surface area contributed by atoms with Gasteiger partial charge in [-0.05, 0) is 29.8 Å². The second-order valence-electron chi connectivity index (χ2n) is 6.80. The molecule has 0 bridgehead atoms. The van der Waals surface area contributed by atoms with Crippen molar-refractivity contribution in [2.24, 2.45) is 11.5 Å². The third-order valence-electron chi connectivity index (χ3n) is 4.87. The molecule has 9 nitrogen and oxygen atoms in total. The molecule has 0 radical (unpaired) electrons. The molecule has 1 atom stereocenters. The van der Waals surface area contributed by atoms with Gasteiger partial charge in [-0.25, -0.2) is 0 Å². The Kier molecular flexibility index (Phi) is 5.20. The summed E-state index contributed by atoms with van der Waals surface area (Å²) in [4.78, 5) is 11.1. The van der Waals surface area contributed by atoms with Crippen molar-refractivity contribution in [2.45, 2.75) is 5.92 Å². The maximum atomic E-state index is 11.1. The smallest absolute Gasteiger partial charge is 0.255 e. The van der Waals surface area contributed by atoms with E-state index in [1.165, 1.54) is 0 Å². The Bertz CT molecular complexity index is 1220. The third-order valence-corrected chi connectivity index (χ3v) is 4.87. The Labute approximate surface area is 177 Å². The van der Waals surface area contributed by atoms with Crippen molar-refractivity contribution in [2.75, 3.05) is 13.7 Å². The quantitative estimate of drug-likeness (QED) is 0.556. The summed E-state index contributed by atoms with van der Waals surface area (Å²) >= 11 is 0. The first-order valence-corrected chi connectivity index (χ1v) is 9.33. The van der Waals surface area contributed by atoms with E-state index in [9.17, 15) is 10.1 Å². The Morgan fingerprint density at radius 2 is 2.03 bits per heavy atom. The van der Waals surface area contributed by atoms with Crippen LogP contribution in [0.15, 0.2) is 60.0 Å². The van der Waals surface area contributed by atoms with Gasteiger partial charge < -0.3 is 25.7 Å². The largest absolute Gasteiger partial charge is 0.497 e. The Morgan fingerprint density at radius 1 is 1.26 bits per heavy atom.